The minimum atomic E-state index is -0.0275. The van der Waals surface area contributed by atoms with Crippen LogP contribution in [-0.2, 0) is 9.47 Å². The fraction of sp³-hybridized carbons (Fsp3) is 1.00. The molecule has 1 fully saturated rings. The van der Waals surface area contributed by atoms with E-state index in [9.17, 15) is 0 Å². The summed E-state index contributed by atoms with van der Waals surface area (Å²) in [5.74, 6) is 0. The number of hydrogen-bond donors (Lipinski definition) is 1. The second-order valence-electron chi connectivity index (χ2n) is 3.26. The van der Waals surface area contributed by atoms with Crippen LogP contribution in [0.2, 0.25) is 0 Å². The van der Waals surface area contributed by atoms with Crippen LogP contribution < -0.4 is 0 Å². The van der Waals surface area contributed by atoms with Gasteiger partial charge >= 0.3 is 0 Å². The van der Waals surface area contributed by atoms with Gasteiger partial charge in [-0.15, -0.1) is 0 Å². The van der Waals surface area contributed by atoms with Gasteiger partial charge in [-0.25, -0.2) is 0 Å². The first kappa shape index (κ1) is 9.96. The zero-order valence-corrected chi connectivity index (χ0v) is 7.66. The number of ether oxygens (including phenoxy) is 2. The molecule has 0 unspecified atom stereocenters. The van der Waals surface area contributed by atoms with Crippen molar-refractivity contribution in [2.45, 2.75) is 45.0 Å². The SMILES string of the molecule is C[C@H](CCO)O[C@@H]1CCCCO1. The van der Waals surface area contributed by atoms with Crippen LogP contribution in [0.25, 0.3) is 0 Å². The van der Waals surface area contributed by atoms with Crippen molar-refractivity contribution in [3.8, 4) is 0 Å². The Kier molecular flexibility index (Phi) is 4.58. The van der Waals surface area contributed by atoms with Gasteiger partial charge in [0, 0.05) is 13.2 Å². The van der Waals surface area contributed by atoms with Crippen LogP contribution in [0.4, 0.5) is 0 Å². The summed E-state index contributed by atoms with van der Waals surface area (Å²) in [4.78, 5) is 0. The van der Waals surface area contributed by atoms with Gasteiger partial charge in [0.2, 0.25) is 0 Å². The van der Waals surface area contributed by atoms with Crippen molar-refractivity contribution in [1.29, 1.82) is 0 Å². The molecule has 1 N–H and O–H groups in total. The van der Waals surface area contributed by atoms with E-state index in [4.69, 9.17) is 14.6 Å². The van der Waals surface area contributed by atoms with Crippen molar-refractivity contribution in [2.75, 3.05) is 13.2 Å². The minimum absolute atomic E-state index is 0.0275. The molecule has 0 aliphatic carbocycles. The van der Waals surface area contributed by atoms with E-state index in [1.807, 2.05) is 6.92 Å². The first-order chi connectivity index (χ1) is 5.83. The van der Waals surface area contributed by atoms with Crippen molar-refractivity contribution in [3.63, 3.8) is 0 Å². The molecule has 0 bridgehead atoms. The van der Waals surface area contributed by atoms with Crippen LogP contribution in [-0.4, -0.2) is 30.7 Å². The Balaban J connectivity index is 2.11. The Bertz CT molecular complexity index is 110. The lowest BCUT2D eigenvalue weighted by Crippen LogP contribution is -2.26. The van der Waals surface area contributed by atoms with Crippen LogP contribution in [0.1, 0.15) is 32.6 Å². The molecule has 1 aliphatic rings. The van der Waals surface area contributed by atoms with E-state index < -0.39 is 0 Å². The molecule has 72 valence electrons. The first-order valence-corrected chi connectivity index (χ1v) is 4.71. The van der Waals surface area contributed by atoms with Gasteiger partial charge in [0.15, 0.2) is 6.29 Å². The highest BCUT2D eigenvalue weighted by atomic mass is 16.7. The van der Waals surface area contributed by atoms with Gasteiger partial charge in [-0.1, -0.05) is 0 Å². The lowest BCUT2D eigenvalue weighted by Gasteiger charge is -2.25. The third kappa shape index (κ3) is 3.52. The summed E-state index contributed by atoms with van der Waals surface area (Å²) in [7, 11) is 0. The fourth-order valence-electron chi connectivity index (χ4n) is 1.33. The molecule has 0 spiro atoms. The smallest absolute Gasteiger partial charge is 0.157 e. The molecule has 1 aliphatic heterocycles. The first-order valence-electron chi connectivity index (χ1n) is 4.71. The predicted molar refractivity (Wildman–Crippen MR) is 45.8 cm³/mol. The lowest BCUT2D eigenvalue weighted by molar-refractivity contribution is -0.186. The van der Waals surface area contributed by atoms with E-state index in [1.54, 1.807) is 0 Å². The largest absolute Gasteiger partial charge is 0.396 e. The Morgan fingerprint density at radius 3 is 3.00 bits per heavy atom. The van der Waals surface area contributed by atoms with Crippen molar-refractivity contribution >= 4 is 0 Å². The standard InChI is InChI=1S/C9H18O3/c1-8(5-6-10)12-9-4-2-3-7-11-9/h8-10H,2-7H2,1H3/t8-,9-/m1/s1. The molecule has 3 nitrogen and oxygen atoms in total. The van der Waals surface area contributed by atoms with Gasteiger partial charge in [0.05, 0.1) is 6.10 Å². The van der Waals surface area contributed by atoms with Crippen LogP contribution in [0.5, 0.6) is 0 Å². The summed E-state index contributed by atoms with van der Waals surface area (Å²) < 4.78 is 10.9. The normalized spacial score (nSPS) is 27.0. The molecule has 1 heterocycles. The number of aliphatic hydroxyl groups is 1. The molecule has 0 radical (unpaired) electrons. The Morgan fingerprint density at radius 2 is 2.42 bits per heavy atom. The maximum absolute atomic E-state index is 8.65. The van der Waals surface area contributed by atoms with Crippen LogP contribution in [0, 0.1) is 0 Å². The molecule has 2 atom stereocenters. The monoisotopic (exact) mass is 174 g/mol. The molecule has 3 heteroatoms. The predicted octanol–water partition coefficient (Wildman–Crippen LogP) is 1.30. The molecule has 0 aromatic heterocycles. The zero-order chi connectivity index (χ0) is 8.81. The van der Waals surface area contributed by atoms with Crippen LogP contribution in [0.3, 0.4) is 0 Å². The molecule has 0 saturated carbocycles. The number of aliphatic hydroxyl groups excluding tert-OH is 1. The Labute approximate surface area is 73.7 Å². The highest BCUT2D eigenvalue weighted by Gasteiger charge is 2.16. The molecule has 0 aromatic rings. The van der Waals surface area contributed by atoms with Crippen molar-refractivity contribution in [2.24, 2.45) is 0 Å². The van der Waals surface area contributed by atoms with E-state index in [0.717, 1.165) is 19.4 Å². The van der Waals surface area contributed by atoms with Gasteiger partial charge in [0.1, 0.15) is 0 Å². The van der Waals surface area contributed by atoms with Crippen molar-refractivity contribution in [1.82, 2.24) is 0 Å². The lowest BCUT2D eigenvalue weighted by atomic mass is 10.2. The number of hydrogen-bond acceptors (Lipinski definition) is 3. The Morgan fingerprint density at radius 1 is 1.58 bits per heavy atom. The topological polar surface area (TPSA) is 38.7 Å². The summed E-state index contributed by atoms with van der Waals surface area (Å²) in [6.45, 7) is 2.97. The average molecular weight is 174 g/mol. The van der Waals surface area contributed by atoms with E-state index >= 15 is 0 Å². The minimum Gasteiger partial charge on any atom is -0.396 e. The summed E-state index contributed by atoms with van der Waals surface area (Å²) in [6, 6.07) is 0. The van der Waals surface area contributed by atoms with Gasteiger partial charge in [-0.2, -0.15) is 0 Å². The quantitative estimate of drug-likeness (QED) is 0.698. The summed E-state index contributed by atoms with van der Waals surface area (Å²) in [6.07, 6.45) is 4.11. The van der Waals surface area contributed by atoms with E-state index in [0.29, 0.717) is 6.42 Å². The van der Waals surface area contributed by atoms with Crippen LogP contribution >= 0.6 is 0 Å². The van der Waals surface area contributed by atoms with E-state index in [2.05, 4.69) is 0 Å². The van der Waals surface area contributed by atoms with Gasteiger partial charge < -0.3 is 14.6 Å². The van der Waals surface area contributed by atoms with E-state index in [-0.39, 0.29) is 19.0 Å². The molecule has 1 rings (SSSR count). The van der Waals surface area contributed by atoms with Crippen LogP contribution in [0.15, 0.2) is 0 Å². The second-order valence-corrected chi connectivity index (χ2v) is 3.26. The molecule has 12 heavy (non-hydrogen) atoms. The summed E-state index contributed by atoms with van der Waals surface area (Å²) in [5, 5.41) is 8.65. The summed E-state index contributed by atoms with van der Waals surface area (Å²) in [5.41, 5.74) is 0. The van der Waals surface area contributed by atoms with E-state index in [1.165, 1.54) is 6.42 Å². The molecule has 0 amide bonds. The number of rotatable bonds is 4. The molecular formula is C9H18O3. The third-order valence-corrected chi connectivity index (χ3v) is 2.06. The molecular weight excluding hydrogens is 156 g/mol. The van der Waals surface area contributed by atoms with Gasteiger partial charge in [-0.05, 0) is 32.6 Å². The average Bonchev–Trinajstić information content (AvgIpc) is 2.06. The highest BCUT2D eigenvalue weighted by Crippen LogP contribution is 2.15. The van der Waals surface area contributed by atoms with Crippen molar-refractivity contribution in [3.05, 3.63) is 0 Å². The molecule has 0 aromatic carbocycles. The van der Waals surface area contributed by atoms with Gasteiger partial charge in [0.25, 0.3) is 0 Å². The third-order valence-electron chi connectivity index (χ3n) is 2.06. The fourth-order valence-corrected chi connectivity index (χ4v) is 1.33. The Hall–Kier alpha value is -0.120. The summed E-state index contributed by atoms with van der Waals surface area (Å²) >= 11 is 0. The molecule has 1 saturated heterocycles. The van der Waals surface area contributed by atoms with Gasteiger partial charge in [-0.3, -0.25) is 0 Å². The van der Waals surface area contributed by atoms with Crippen molar-refractivity contribution < 1.29 is 14.6 Å². The highest BCUT2D eigenvalue weighted by molar-refractivity contribution is 4.57. The maximum Gasteiger partial charge on any atom is 0.157 e. The second kappa shape index (κ2) is 5.51. The maximum atomic E-state index is 8.65. The zero-order valence-electron chi connectivity index (χ0n) is 7.66.